The van der Waals surface area contributed by atoms with Gasteiger partial charge in [0.2, 0.25) is 0 Å². The van der Waals surface area contributed by atoms with Gasteiger partial charge in [-0.15, -0.1) is 6.42 Å². The summed E-state index contributed by atoms with van der Waals surface area (Å²) in [5, 5.41) is 0. The molecule has 1 saturated carbocycles. The van der Waals surface area contributed by atoms with Crippen LogP contribution in [0.1, 0.15) is 19.4 Å². The largest absolute Gasteiger partial charge is 0.461 e. The predicted octanol–water partition coefficient (Wildman–Crippen LogP) is 4.07. The zero-order valence-corrected chi connectivity index (χ0v) is 15.1. The third-order valence-corrected chi connectivity index (χ3v) is 4.47. The Hall–Kier alpha value is -0.990. The first-order chi connectivity index (χ1) is 9.86. The average Bonchev–Trinajstić information content (AvgIpc) is 2.75. The predicted molar refractivity (Wildman–Crippen MR) is 89.8 cm³/mol. The van der Waals surface area contributed by atoms with E-state index in [1.54, 1.807) is 0 Å². The molecule has 1 fully saturated rings. The molecule has 1 heterocycles. The molecule has 0 aliphatic heterocycles. The lowest BCUT2D eigenvalue weighted by molar-refractivity contribution is -0.147. The number of ether oxygens (including phenoxy) is 1. The van der Waals surface area contributed by atoms with Crippen LogP contribution in [0.3, 0.4) is 0 Å². The van der Waals surface area contributed by atoms with E-state index >= 15 is 0 Å². The normalized spacial score (nSPS) is 22.2. The van der Waals surface area contributed by atoms with E-state index in [0.29, 0.717) is 6.54 Å². The molecule has 2 rings (SSSR count). The molecule has 0 spiro atoms. The minimum Gasteiger partial charge on any atom is -0.461 e. The monoisotopic (exact) mass is 413 g/mol. The van der Waals surface area contributed by atoms with Crippen LogP contribution in [0.2, 0.25) is 0 Å². The fourth-order valence-corrected chi connectivity index (χ4v) is 3.17. The Morgan fingerprint density at radius 3 is 2.90 bits per heavy atom. The molecule has 112 valence electrons. The summed E-state index contributed by atoms with van der Waals surface area (Å²) in [7, 11) is 0. The highest BCUT2D eigenvalue weighted by Crippen LogP contribution is 2.60. The van der Waals surface area contributed by atoms with E-state index in [2.05, 4.69) is 51.6 Å². The molecule has 0 bridgehead atoms. The van der Waals surface area contributed by atoms with Gasteiger partial charge < -0.3 is 9.30 Å². The Morgan fingerprint density at radius 2 is 2.29 bits per heavy atom. The molecular weight excluding hydrogens is 398 g/mol. The van der Waals surface area contributed by atoms with Crippen LogP contribution in [0.4, 0.5) is 0 Å². The van der Waals surface area contributed by atoms with E-state index < -0.39 is 0 Å². The number of nitrogens with zero attached hydrogens (tertiary/aromatic N) is 1. The standard InChI is InChI=1S/C16H17Br2NO2/c1-4-6-19-7-5-11(9-19)10-21-15(20)14-12(8-13(17)18)16(14,2)3/h1,5,7-9,12,14H,6,10H2,2-3H3/t12-,14-/m0/s1. The van der Waals surface area contributed by atoms with Crippen LogP contribution in [0.5, 0.6) is 0 Å². The molecule has 0 unspecified atom stereocenters. The van der Waals surface area contributed by atoms with Gasteiger partial charge in [0, 0.05) is 18.0 Å². The van der Waals surface area contributed by atoms with Gasteiger partial charge in [-0.05, 0) is 49.3 Å². The molecule has 0 amide bonds. The average molecular weight is 415 g/mol. The Bertz CT molecular complexity index is 606. The number of allylic oxidation sites excluding steroid dienone is 1. The molecule has 5 heteroatoms. The molecule has 3 nitrogen and oxygen atoms in total. The number of carbonyl (C=O) groups is 1. The zero-order chi connectivity index (χ0) is 15.6. The number of terminal acetylenes is 1. The van der Waals surface area contributed by atoms with Crippen LogP contribution in [-0.4, -0.2) is 10.5 Å². The maximum atomic E-state index is 12.2. The van der Waals surface area contributed by atoms with E-state index in [1.165, 1.54) is 0 Å². The number of esters is 1. The Labute approximate surface area is 142 Å². The van der Waals surface area contributed by atoms with Gasteiger partial charge >= 0.3 is 5.97 Å². The van der Waals surface area contributed by atoms with Crippen LogP contribution in [0.25, 0.3) is 0 Å². The summed E-state index contributed by atoms with van der Waals surface area (Å²) in [4.78, 5) is 12.2. The lowest BCUT2D eigenvalue weighted by Crippen LogP contribution is -2.10. The summed E-state index contributed by atoms with van der Waals surface area (Å²) < 4.78 is 8.18. The maximum Gasteiger partial charge on any atom is 0.310 e. The molecule has 1 aliphatic rings. The van der Waals surface area contributed by atoms with Crippen LogP contribution in [-0.2, 0) is 22.7 Å². The molecule has 1 aromatic rings. The Morgan fingerprint density at radius 1 is 1.57 bits per heavy atom. The van der Waals surface area contributed by atoms with Crippen molar-refractivity contribution in [2.45, 2.75) is 27.0 Å². The van der Waals surface area contributed by atoms with E-state index in [1.807, 2.05) is 29.1 Å². The van der Waals surface area contributed by atoms with Gasteiger partial charge in [-0.1, -0.05) is 25.8 Å². The molecule has 0 saturated heterocycles. The maximum absolute atomic E-state index is 12.2. The van der Waals surface area contributed by atoms with Gasteiger partial charge in [-0.25, -0.2) is 0 Å². The molecule has 0 radical (unpaired) electrons. The van der Waals surface area contributed by atoms with Crippen molar-refractivity contribution in [3.8, 4) is 12.3 Å². The number of hydrogen-bond acceptors (Lipinski definition) is 2. The number of carbonyl (C=O) groups excluding carboxylic acids is 1. The van der Waals surface area contributed by atoms with Crippen molar-refractivity contribution in [2.24, 2.45) is 17.3 Å². The van der Waals surface area contributed by atoms with Crippen molar-refractivity contribution < 1.29 is 9.53 Å². The second-order valence-corrected chi connectivity index (χ2v) is 8.56. The first kappa shape index (κ1) is 16.4. The second kappa shape index (κ2) is 6.41. The van der Waals surface area contributed by atoms with Crippen LogP contribution in [0, 0.1) is 29.6 Å². The SMILES string of the molecule is C#CCn1ccc(COC(=O)[C@@H]2[C@H](C=C(Br)Br)C2(C)C)c1. The van der Waals surface area contributed by atoms with Gasteiger partial charge in [0.1, 0.15) is 6.61 Å². The molecule has 1 aromatic heterocycles. The highest BCUT2D eigenvalue weighted by molar-refractivity contribution is 9.28. The smallest absolute Gasteiger partial charge is 0.310 e. The van der Waals surface area contributed by atoms with E-state index in [-0.39, 0.29) is 29.8 Å². The number of hydrogen-bond donors (Lipinski definition) is 0. The third kappa shape index (κ3) is 3.81. The topological polar surface area (TPSA) is 31.2 Å². The first-order valence-corrected chi connectivity index (χ1v) is 8.22. The van der Waals surface area contributed by atoms with Crippen LogP contribution >= 0.6 is 31.9 Å². The van der Waals surface area contributed by atoms with Crippen LogP contribution in [0.15, 0.2) is 27.9 Å². The third-order valence-electron chi connectivity index (χ3n) is 3.94. The minimum absolute atomic E-state index is 0.0563. The van der Waals surface area contributed by atoms with E-state index in [9.17, 15) is 4.79 Å². The van der Waals surface area contributed by atoms with Crippen LogP contribution < -0.4 is 0 Å². The Balaban J connectivity index is 1.91. The highest BCUT2D eigenvalue weighted by atomic mass is 79.9. The van der Waals surface area contributed by atoms with E-state index in [0.717, 1.165) is 8.96 Å². The fourth-order valence-electron chi connectivity index (χ4n) is 2.60. The summed E-state index contributed by atoms with van der Waals surface area (Å²) in [6, 6.07) is 1.91. The van der Waals surface area contributed by atoms with Crippen molar-refractivity contribution in [1.82, 2.24) is 4.57 Å². The lowest BCUT2D eigenvalue weighted by atomic mass is 10.1. The summed E-state index contributed by atoms with van der Waals surface area (Å²) in [6.45, 7) is 4.96. The van der Waals surface area contributed by atoms with Gasteiger partial charge in [-0.2, -0.15) is 0 Å². The summed E-state index contributed by atoms with van der Waals surface area (Å²) in [5.74, 6) is 2.53. The van der Waals surface area contributed by atoms with Crippen molar-refractivity contribution in [1.29, 1.82) is 0 Å². The molecular formula is C16H17Br2NO2. The molecule has 0 N–H and O–H groups in total. The van der Waals surface area contributed by atoms with Crippen molar-refractivity contribution >= 4 is 37.8 Å². The molecule has 21 heavy (non-hydrogen) atoms. The number of rotatable bonds is 5. The lowest BCUT2D eigenvalue weighted by Gasteiger charge is -2.04. The summed E-state index contributed by atoms with van der Waals surface area (Å²) >= 11 is 6.69. The van der Waals surface area contributed by atoms with Crippen molar-refractivity contribution in [2.75, 3.05) is 0 Å². The number of aromatic nitrogens is 1. The zero-order valence-electron chi connectivity index (χ0n) is 12.0. The molecule has 0 aromatic carbocycles. The molecule has 1 aliphatic carbocycles. The number of halogens is 2. The van der Waals surface area contributed by atoms with Gasteiger partial charge in [-0.3, -0.25) is 4.79 Å². The van der Waals surface area contributed by atoms with Crippen molar-refractivity contribution in [3.05, 3.63) is 33.5 Å². The summed E-state index contributed by atoms with van der Waals surface area (Å²) in [5.41, 5.74) is 0.894. The molecule has 2 atom stereocenters. The fraction of sp³-hybridized carbons (Fsp3) is 0.438. The quantitative estimate of drug-likeness (QED) is 0.537. The summed E-state index contributed by atoms with van der Waals surface area (Å²) in [6.07, 6.45) is 11.1. The first-order valence-electron chi connectivity index (χ1n) is 6.64. The second-order valence-electron chi connectivity index (χ2n) is 5.79. The highest BCUT2D eigenvalue weighted by Gasteiger charge is 2.61. The minimum atomic E-state index is -0.146. The van der Waals surface area contributed by atoms with Gasteiger partial charge in [0.15, 0.2) is 0 Å². The Kier molecular flexibility index (Phi) is 5.00. The van der Waals surface area contributed by atoms with E-state index in [4.69, 9.17) is 11.2 Å². The van der Waals surface area contributed by atoms with Gasteiger partial charge in [0.05, 0.1) is 15.9 Å². The van der Waals surface area contributed by atoms with Gasteiger partial charge in [0.25, 0.3) is 0 Å². The van der Waals surface area contributed by atoms with Crippen molar-refractivity contribution in [3.63, 3.8) is 0 Å².